The first-order valence-electron chi connectivity index (χ1n) is 12.5. The van der Waals surface area contributed by atoms with E-state index < -0.39 is 45.3 Å². The fraction of sp³-hybridized carbons (Fsp3) is 0.333. The fourth-order valence-electron chi connectivity index (χ4n) is 4.82. The van der Waals surface area contributed by atoms with Crippen LogP contribution in [0.25, 0.3) is 0 Å². The van der Waals surface area contributed by atoms with Gasteiger partial charge in [0.25, 0.3) is 0 Å². The Hall–Kier alpha value is -3.78. The van der Waals surface area contributed by atoms with Crippen LogP contribution in [0.15, 0.2) is 67.0 Å². The summed E-state index contributed by atoms with van der Waals surface area (Å²) in [6.45, 7) is 1.28. The number of nitrogens with one attached hydrogen (secondary N) is 2. The Morgan fingerprint density at radius 3 is 2.27 bits per heavy atom. The number of carbonyl (C=O) groups excluding carboxylic acids is 1. The molecule has 2 heterocycles. The molecular formula is C27H28F5N5O3S. The van der Waals surface area contributed by atoms with Crippen LogP contribution in [-0.4, -0.2) is 62.8 Å². The van der Waals surface area contributed by atoms with Gasteiger partial charge in [-0.05, 0) is 48.9 Å². The molecule has 1 aliphatic heterocycles. The van der Waals surface area contributed by atoms with Crippen molar-refractivity contribution in [2.24, 2.45) is 0 Å². The maximum atomic E-state index is 15.1. The highest BCUT2D eigenvalue weighted by Crippen LogP contribution is 2.43. The van der Waals surface area contributed by atoms with Crippen molar-refractivity contribution in [3.8, 4) is 0 Å². The number of hydrogen-bond acceptors (Lipinski definition) is 6. The van der Waals surface area contributed by atoms with Crippen molar-refractivity contribution >= 4 is 27.3 Å². The van der Waals surface area contributed by atoms with E-state index in [2.05, 4.69) is 10.3 Å². The van der Waals surface area contributed by atoms with Crippen molar-refractivity contribution in [3.05, 3.63) is 89.8 Å². The van der Waals surface area contributed by atoms with Crippen molar-refractivity contribution < 1.29 is 35.2 Å². The predicted molar refractivity (Wildman–Crippen MR) is 144 cm³/mol. The van der Waals surface area contributed by atoms with Gasteiger partial charge < -0.3 is 10.2 Å². The van der Waals surface area contributed by atoms with Crippen LogP contribution in [0.4, 0.5) is 33.3 Å². The molecule has 0 saturated carbocycles. The van der Waals surface area contributed by atoms with Crippen LogP contribution in [0.1, 0.15) is 24.0 Å². The lowest BCUT2D eigenvalue weighted by atomic mass is 9.93. The first-order chi connectivity index (χ1) is 19.2. The lowest BCUT2D eigenvalue weighted by Gasteiger charge is -2.49. The molecule has 0 radical (unpaired) electrons. The number of benzene rings is 2. The Balaban J connectivity index is 1.65. The zero-order valence-electron chi connectivity index (χ0n) is 22.1. The summed E-state index contributed by atoms with van der Waals surface area (Å²) in [7, 11) is -3.78. The molecule has 1 saturated heterocycles. The topological polar surface area (TPSA) is 94.6 Å². The van der Waals surface area contributed by atoms with Crippen LogP contribution in [0.5, 0.6) is 0 Å². The number of nitrogens with zero attached hydrogens (tertiary/aromatic N) is 3. The summed E-state index contributed by atoms with van der Waals surface area (Å²) in [6, 6.07) is 11.6. The molecule has 3 aromatic rings. The number of pyridine rings is 1. The molecule has 41 heavy (non-hydrogen) atoms. The van der Waals surface area contributed by atoms with Gasteiger partial charge in [0.2, 0.25) is 21.6 Å². The summed E-state index contributed by atoms with van der Waals surface area (Å²) in [5, 5.41) is 2.20. The van der Waals surface area contributed by atoms with Crippen LogP contribution < -0.4 is 14.9 Å². The molecule has 0 bridgehead atoms. The van der Waals surface area contributed by atoms with E-state index in [1.54, 1.807) is 11.0 Å². The highest BCUT2D eigenvalue weighted by atomic mass is 32.2. The number of piperazine rings is 1. The normalized spacial score (nSPS) is 17.0. The first kappa shape index (κ1) is 30.2. The molecular weight excluding hydrogens is 569 g/mol. The average Bonchev–Trinajstić information content (AvgIpc) is 2.91. The quantitative estimate of drug-likeness (QED) is 0.379. The number of sulfonamides is 1. The van der Waals surface area contributed by atoms with Crippen LogP contribution in [-0.2, 0) is 20.5 Å². The van der Waals surface area contributed by atoms with E-state index in [-0.39, 0.29) is 43.0 Å². The van der Waals surface area contributed by atoms with Gasteiger partial charge in [-0.1, -0.05) is 18.2 Å². The van der Waals surface area contributed by atoms with Gasteiger partial charge in [0.15, 0.2) is 0 Å². The zero-order valence-corrected chi connectivity index (χ0v) is 22.9. The van der Waals surface area contributed by atoms with Gasteiger partial charge in [0.05, 0.1) is 17.9 Å². The molecule has 1 aliphatic rings. The minimum Gasteiger partial charge on any atom is -0.369 e. The maximum Gasteiger partial charge on any atom is 0.429 e. The Morgan fingerprint density at radius 1 is 1.00 bits per heavy atom. The Morgan fingerprint density at radius 2 is 1.71 bits per heavy atom. The highest BCUT2D eigenvalue weighted by molar-refractivity contribution is 7.92. The van der Waals surface area contributed by atoms with Crippen LogP contribution in [0.2, 0.25) is 0 Å². The lowest BCUT2D eigenvalue weighted by molar-refractivity contribution is -0.251. The second-order valence-electron chi connectivity index (χ2n) is 9.73. The van der Waals surface area contributed by atoms with E-state index in [1.807, 2.05) is 4.72 Å². The van der Waals surface area contributed by atoms with E-state index in [9.17, 15) is 22.0 Å². The van der Waals surface area contributed by atoms with E-state index in [4.69, 9.17) is 0 Å². The van der Waals surface area contributed by atoms with E-state index in [1.165, 1.54) is 49.5 Å². The summed E-state index contributed by atoms with van der Waals surface area (Å²) in [6.07, 6.45) is -1.83. The molecule has 2 atom stereocenters. The number of hydrogen-bond donors (Lipinski definition) is 2. The summed E-state index contributed by atoms with van der Waals surface area (Å²) < 4.78 is 98.7. The SMILES string of the molecule is CC(C(=O)NC(c1cccnc1)(N1CCN(c2cccc(F)c2)CC1)C(F)(F)F)c1ccc(NS(C)(=O)=O)c(F)c1. The third kappa shape index (κ3) is 6.59. The van der Waals surface area contributed by atoms with Crippen molar-refractivity contribution in [1.29, 1.82) is 0 Å². The zero-order chi connectivity index (χ0) is 30.0. The average molecular weight is 598 g/mol. The molecule has 2 unspecified atom stereocenters. The summed E-state index contributed by atoms with van der Waals surface area (Å²) in [5.41, 5.74) is -3.09. The van der Waals surface area contributed by atoms with E-state index in [0.29, 0.717) is 5.69 Å². The van der Waals surface area contributed by atoms with Gasteiger partial charge in [-0.2, -0.15) is 13.2 Å². The van der Waals surface area contributed by atoms with Crippen LogP contribution in [0.3, 0.4) is 0 Å². The molecule has 1 amide bonds. The van der Waals surface area contributed by atoms with Crippen molar-refractivity contribution in [2.45, 2.75) is 24.7 Å². The van der Waals surface area contributed by atoms with Gasteiger partial charge in [0, 0.05) is 49.8 Å². The summed E-state index contributed by atoms with van der Waals surface area (Å²) in [4.78, 5) is 20.1. The van der Waals surface area contributed by atoms with Crippen molar-refractivity contribution in [3.63, 3.8) is 0 Å². The molecule has 2 N–H and O–H groups in total. The minimum atomic E-state index is -5.01. The van der Waals surface area contributed by atoms with Gasteiger partial charge in [0.1, 0.15) is 11.6 Å². The monoisotopic (exact) mass is 597 g/mol. The second-order valence-corrected chi connectivity index (χ2v) is 11.5. The molecule has 0 aliphatic carbocycles. The number of amides is 1. The van der Waals surface area contributed by atoms with E-state index >= 15 is 13.2 Å². The smallest absolute Gasteiger partial charge is 0.369 e. The van der Waals surface area contributed by atoms with Crippen LogP contribution in [0, 0.1) is 11.6 Å². The number of alkyl halides is 3. The van der Waals surface area contributed by atoms with E-state index in [0.717, 1.165) is 29.5 Å². The van der Waals surface area contributed by atoms with Gasteiger partial charge >= 0.3 is 6.18 Å². The first-order valence-corrected chi connectivity index (χ1v) is 14.4. The lowest BCUT2D eigenvalue weighted by Crippen LogP contribution is -2.69. The molecule has 220 valence electrons. The Kier molecular flexibility index (Phi) is 8.54. The molecule has 4 rings (SSSR count). The Labute approximate surface area is 234 Å². The highest BCUT2D eigenvalue weighted by Gasteiger charge is 2.61. The molecule has 1 fully saturated rings. The minimum absolute atomic E-state index is 0.0391. The van der Waals surface area contributed by atoms with Crippen LogP contribution >= 0.6 is 0 Å². The van der Waals surface area contributed by atoms with Gasteiger partial charge in [-0.15, -0.1) is 0 Å². The van der Waals surface area contributed by atoms with Crippen molar-refractivity contribution in [1.82, 2.24) is 15.2 Å². The molecule has 14 heteroatoms. The standard InChI is InChI=1S/C27H28F5N5O3S/c1-18(19-8-9-24(23(29)15-19)35-41(2,39)40)25(38)34-26(27(30,31)32,20-5-4-10-33-17-20)37-13-11-36(12-14-37)22-7-3-6-21(28)16-22/h3-10,15-18,35H,11-14H2,1-2H3,(H,34,38). The molecule has 8 nitrogen and oxygen atoms in total. The molecule has 2 aromatic carbocycles. The third-order valence-corrected chi connectivity index (χ3v) is 7.49. The molecule has 1 aromatic heterocycles. The number of carbonyl (C=O) groups is 1. The number of halogens is 5. The third-order valence-electron chi connectivity index (χ3n) is 6.90. The van der Waals surface area contributed by atoms with Gasteiger partial charge in [-0.3, -0.25) is 19.4 Å². The number of rotatable bonds is 8. The number of aromatic nitrogens is 1. The number of anilines is 2. The summed E-state index contributed by atoms with van der Waals surface area (Å²) >= 11 is 0. The largest absolute Gasteiger partial charge is 0.429 e. The predicted octanol–water partition coefficient (Wildman–Crippen LogP) is 4.19. The second kappa shape index (κ2) is 11.6. The summed E-state index contributed by atoms with van der Waals surface area (Å²) in [5.74, 6) is -3.75. The maximum absolute atomic E-state index is 15.1. The van der Waals surface area contributed by atoms with Crippen molar-refractivity contribution in [2.75, 3.05) is 42.1 Å². The Bertz CT molecular complexity index is 1500. The van der Waals surface area contributed by atoms with Gasteiger partial charge in [-0.25, -0.2) is 17.2 Å². The molecule has 0 spiro atoms. The fourth-order valence-corrected chi connectivity index (χ4v) is 5.38.